The Morgan fingerprint density at radius 1 is 0.815 bits per heavy atom. The summed E-state index contributed by atoms with van der Waals surface area (Å²) in [5.41, 5.74) is 3.75. The van der Waals surface area contributed by atoms with Crippen molar-refractivity contribution in [3.8, 4) is 0 Å². The highest BCUT2D eigenvalue weighted by molar-refractivity contribution is 6.09. The Labute approximate surface area is 157 Å². The average molecular weight is 354 g/mol. The summed E-state index contributed by atoms with van der Waals surface area (Å²) in [7, 11) is 0. The molecule has 0 saturated carbocycles. The van der Waals surface area contributed by atoms with E-state index in [1.807, 2.05) is 73.7 Å². The Morgan fingerprint density at radius 3 is 2.22 bits per heavy atom. The molecule has 0 fully saturated rings. The average Bonchev–Trinajstić information content (AvgIpc) is 3.07. The van der Waals surface area contributed by atoms with Gasteiger partial charge in [-0.05, 0) is 19.1 Å². The van der Waals surface area contributed by atoms with Crippen LogP contribution in [0.4, 0.5) is 0 Å². The van der Waals surface area contributed by atoms with Crippen LogP contribution in [0.2, 0.25) is 0 Å². The van der Waals surface area contributed by atoms with E-state index in [1.165, 1.54) is 0 Å². The zero-order valence-electron chi connectivity index (χ0n) is 14.9. The predicted molar refractivity (Wildman–Crippen MR) is 105 cm³/mol. The molecule has 4 rings (SSSR count). The van der Waals surface area contributed by atoms with Crippen molar-refractivity contribution < 1.29 is 9.59 Å². The van der Waals surface area contributed by atoms with E-state index >= 15 is 0 Å². The third-order valence-corrected chi connectivity index (χ3v) is 4.57. The smallest absolute Gasteiger partial charge is 0.228 e. The third-order valence-electron chi connectivity index (χ3n) is 4.57. The molecule has 0 radical (unpaired) electrons. The number of para-hydroxylation sites is 2. The molecule has 0 saturated heterocycles. The van der Waals surface area contributed by atoms with Gasteiger partial charge in [-0.2, -0.15) is 0 Å². The van der Waals surface area contributed by atoms with Crippen molar-refractivity contribution in [3.63, 3.8) is 0 Å². The van der Waals surface area contributed by atoms with Gasteiger partial charge in [0.15, 0.2) is 11.6 Å². The number of rotatable bonds is 5. The Balaban J connectivity index is 1.78. The lowest BCUT2D eigenvalue weighted by Gasteiger charge is -2.08. The van der Waals surface area contributed by atoms with Crippen molar-refractivity contribution in [1.29, 1.82) is 0 Å². The van der Waals surface area contributed by atoms with Gasteiger partial charge in [0.25, 0.3) is 0 Å². The lowest BCUT2D eigenvalue weighted by molar-refractivity contribution is 0.0968. The van der Waals surface area contributed by atoms with Crippen molar-refractivity contribution in [2.45, 2.75) is 13.5 Å². The minimum Gasteiger partial charge on any atom is -0.313 e. The Kier molecular flexibility index (Phi) is 4.38. The van der Waals surface area contributed by atoms with Gasteiger partial charge in [-0.25, -0.2) is 4.98 Å². The maximum Gasteiger partial charge on any atom is 0.228 e. The molecule has 4 aromatic rings. The molecule has 0 amide bonds. The molecule has 1 aromatic heterocycles. The standard InChI is InChI=1S/C23H18N2O2/c1-16-11-13-17(14-12-16)21(26)15-25-20-10-6-5-9-19(20)24-23(25)22(27)18-7-3-2-4-8-18/h2-14H,15H2,1H3. The Morgan fingerprint density at radius 2 is 1.48 bits per heavy atom. The van der Waals surface area contributed by atoms with Crippen molar-refractivity contribution in [3.05, 3.63) is 101 Å². The van der Waals surface area contributed by atoms with Crippen LogP contribution in [0.1, 0.15) is 32.1 Å². The molecule has 0 bridgehead atoms. The minimum atomic E-state index is -0.191. The van der Waals surface area contributed by atoms with E-state index in [0.29, 0.717) is 16.6 Å². The highest BCUT2D eigenvalue weighted by atomic mass is 16.1. The van der Waals surface area contributed by atoms with Gasteiger partial charge in [-0.3, -0.25) is 9.59 Å². The number of nitrogens with zero attached hydrogens (tertiary/aromatic N) is 2. The van der Waals surface area contributed by atoms with Gasteiger partial charge in [-0.15, -0.1) is 0 Å². The lowest BCUT2D eigenvalue weighted by atomic mass is 10.1. The van der Waals surface area contributed by atoms with Crippen LogP contribution in [0.15, 0.2) is 78.9 Å². The van der Waals surface area contributed by atoms with Crippen LogP contribution in [-0.4, -0.2) is 21.1 Å². The number of aromatic nitrogens is 2. The molecule has 27 heavy (non-hydrogen) atoms. The molecule has 0 aliphatic carbocycles. The van der Waals surface area contributed by atoms with Crippen LogP contribution >= 0.6 is 0 Å². The first-order valence-electron chi connectivity index (χ1n) is 8.78. The fraction of sp³-hybridized carbons (Fsp3) is 0.0870. The number of fused-ring (bicyclic) bond motifs is 1. The van der Waals surface area contributed by atoms with E-state index in [4.69, 9.17) is 0 Å². The zero-order chi connectivity index (χ0) is 18.8. The summed E-state index contributed by atoms with van der Waals surface area (Å²) >= 11 is 0. The van der Waals surface area contributed by atoms with Crippen LogP contribution in [0.3, 0.4) is 0 Å². The normalized spacial score (nSPS) is 10.9. The molecule has 0 atom stereocenters. The summed E-state index contributed by atoms with van der Waals surface area (Å²) in [5, 5.41) is 0. The number of imidazole rings is 1. The Bertz CT molecular complexity index is 1130. The van der Waals surface area contributed by atoms with E-state index < -0.39 is 0 Å². The number of benzene rings is 3. The summed E-state index contributed by atoms with van der Waals surface area (Å²) in [4.78, 5) is 30.3. The quantitative estimate of drug-likeness (QED) is 0.497. The van der Waals surface area contributed by atoms with Crippen LogP contribution < -0.4 is 0 Å². The fourth-order valence-electron chi connectivity index (χ4n) is 3.10. The molecule has 4 heteroatoms. The van der Waals surface area contributed by atoms with Crippen LogP contribution in [0.25, 0.3) is 11.0 Å². The maximum absolute atomic E-state index is 13.0. The first-order valence-corrected chi connectivity index (χ1v) is 8.78. The predicted octanol–water partition coefficient (Wildman–Crippen LogP) is 4.46. The first-order chi connectivity index (χ1) is 13.1. The molecular formula is C23H18N2O2. The van der Waals surface area contributed by atoms with Crippen LogP contribution in [0.5, 0.6) is 0 Å². The number of aryl methyl sites for hydroxylation is 1. The topological polar surface area (TPSA) is 52.0 Å². The summed E-state index contributed by atoms with van der Waals surface area (Å²) < 4.78 is 1.72. The summed E-state index contributed by atoms with van der Waals surface area (Å²) in [5.74, 6) is 0.0339. The molecular weight excluding hydrogens is 336 g/mol. The second kappa shape index (κ2) is 7.00. The van der Waals surface area contributed by atoms with Gasteiger partial charge in [0, 0.05) is 11.1 Å². The number of ketones is 2. The first kappa shape index (κ1) is 16.9. The van der Waals surface area contributed by atoms with Gasteiger partial charge < -0.3 is 4.57 Å². The second-order valence-electron chi connectivity index (χ2n) is 6.49. The van der Waals surface area contributed by atoms with Gasteiger partial charge >= 0.3 is 0 Å². The van der Waals surface area contributed by atoms with Gasteiger partial charge in [-0.1, -0.05) is 72.3 Å². The highest BCUT2D eigenvalue weighted by Gasteiger charge is 2.21. The van der Waals surface area contributed by atoms with Crippen molar-refractivity contribution in [2.24, 2.45) is 0 Å². The van der Waals surface area contributed by atoms with Crippen molar-refractivity contribution in [2.75, 3.05) is 0 Å². The van der Waals surface area contributed by atoms with Gasteiger partial charge in [0.2, 0.25) is 5.78 Å². The number of hydrogen-bond donors (Lipinski definition) is 0. The van der Waals surface area contributed by atoms with Crippen molar-refractivity contribution >= 4 is 22.6 Å². The lowest BCUT2D eigenvalue weighted by Crippen LogP contribution is -2.17. The fourth-order valence-corrected chi connectivity index (χ4v) is 3.10. The number of Topliss-reactive ketones (excluding diaryl/α,β-unsaturated/α-hetero) is 1. The molecule has 0 aliphatic heterocycles. The molecule has 132 valence electrons. The number of carbonyl (C=O) groups excluding carboxylic acids is 2. The number of hydrogen-bond acceptors (Lipinski definition) is 3. The summed E-state index contributed by atoms with van der Waals surface area (Å²) in [6.45, 7) is 2.05. The maximum atomic E-state index is 13.0. The summed E-state index contributed by atoms with van der Waals surface area (Å²) in [6, 6.07) is 24.0. The van der Waals surface area contributed by atoms with E-state index in [-0.39, 0.29) is 23.9 Å². The second-order valence-corrected chi connectivity index (χ2v) is 6.49. The molecule has 4 nitrogen and oxygen atoms in total. The largest absolute Gasteiger partial charge is 0.313 e. The third kappa shape index (κ3) is 3.29. The molecule has 1 heterocycles. The molecule has 0 unspecified atom stereocenters. The van der Waals surface area contributed by atoms with E-state index in [9.17, 15) is 9.59 Å². The van der Waals surface area contributed by atoms with Gasteiger partial charge in [0.05, 0.1) is 17.6 Å². The molecule has 0 aliphatic rings. The van der Waals surface area contributed by atoms with E-state index in [1.54, 1.807) is 16.7 Å². The minimum absolute atomic E-state index is 0.0553. The van der Waals surface area contributed by atoms with E-state index in [2.05, 4.69) is 4.98 Å². The SMILES string of the molecule is Cc1ccc(C(=O)Cn2c(C(=O)c3ccccc3)nc3ccccc32)cc1. The van der Waals surface area contributed by atoms with Gasteiger partial charge in [0.1, 0.15) is 0 Å². The summed E-state index contributed by atoms with van der Waals surface area (Å²) in [6.07, 6.45) is 0. The van der Waals surface area contributed by atoms with Crippen LogP contribution in [0, 0.1) is 6.92 Å². The van der Waals surface area contributed by atoms with E-state index in [0.717, 1.165) is 11.1 Å². The number of carbonyl (C=O) groups is 2. The monoisotopic (exact) mass is 354 g/mol. The van der Waals surface area contributed by atoms with Crippen molar-refractivity contribution in [1.82, 2.24) is 9.55 Å². The zero-order valence-corrected chi connectivity index (χ0v) is 14.9. The molecule has 3 aromatic carbocycles. The molecule has 0 spiro atoms. The highest BCUT2D eigenvalue weighted by Crippen LogP contribution is 2.20. The molecule has 0 N–H and O–H groups in total. The van der Waals surface area contributed by atoms with Crippen LogP contribution in [-0.2, 0) is 6.54 Å². The Hall–Kier alpha value is -3.53.